The molecule has 3 heterocycles. The molecule has 2 aromatic heterocycles. The van der Waals surface area contributed by atoms with Crippen LogP contribution >= 0.6 is 0 Å². The molecule has 0 unspecified atom stereocenters. The molecule has 19 heavy (non-hydrogen) atoms. The van der Waals surface area contributed by atoms with Gasteiger partial charge in [-0.3, -0.25) is 15.0 Å². The van der Waals surface area contributed by atoms with Gasteiger partial charge in [0.25, 0.3) is 0 Å². The first kappa shape index (κ1) is 12.4. The molecule has 1 fully saturated rings. The van der Waals surface area contributed by atoms with Gasteiger partial charge in [0.15, 0.2) is 0 Å². The van der Waals surface area contributed by atoms with Crippen molar-refractivity contribution >= 4 is 0 Å². The number of hydrogen-bond donors (Lipinski definition) is 1. The van der Waals surface area contributed by atoms with Gasteiger partial charge in [-0.05, 0) is 57.0 Å². The van der Waals surface area contributed by atoms with E-state index in [1.807, 2.05) is 12.3 Å². The van der Waals surface area contributed by atoms with Crippen molar-refractivity contribution in [2.75, 3.05) is 6.54 Å². The van der Waals surface area contributed by atoms with Crippen LogP contribution in [0.1, 0.15) is 38.3 Å². The Hall–Kier alpha value is -1.68. The second-order valence-electron chi connectivity index (χ2n) is 5.43. The van der Waals surface area contributed by atoms with E-state index in [2.05, 4.69) is 46.1 Å². The normalized spacial score (nSPS) is 20.3. The van der Waals surface area contributed by atoms with Crippen LogP contribution in [0.3, 0.4) is 0 Å². The van der Waals surface area contributed by atoms with Crippen LogP contribution in [0.4, 0.5) is 0 Å². The van der Waals surface area contributed by atoms with E-state index in [-0.39, 0.29) is 0 Å². The van der Waals surface area contributed by atoms with Crippen molar-refractivity contribution in [2.24, 2.45) is 0 Å². The molecule has 0 aliphatic carbocycles. The van der Waals surface area contributed by atoms with Crippen LogP contribution in [0, 0.1) is 0 Å². The first-order chi connectivity index (χ1) is 9.25. The van der Waals surface area contributed by atoms with E-state index in [9.17, 15) is 0 Å². The van der Waals surface area contributed by atoms with Crippen LogP contribution < -0.4 is 0 Å². The SMILES string of the molecule is CC(C)N1CCC[C@@H]1c1ccnc(-c2ccn[nH]2)c1. The number of hydrogen-bond acceptors (Lipinski definition) is 3. The Bertz CT molecular complexity index is 533. The van der Waals surface area contributed by atoms with Gasteiger partial charge in [0, 0.05) is 24.5 Å². The molecule has 1 N–H and O–H groups in total. The molecule has 4 heteroatoms. The summed E-state index contributed by atoms with van der Waals surface area (Å²) in [6, 6.07) is 7.42. The Morgan fingerprint density at radius 2 is 2.21 bits per heavy atom. The summed E-state index contributed by atoms with van der Waals surface area (Å²) < 4.78 is 0. The minimum atomic E-state index is 0.532. The third-order valence-electron chi connectivity index (χ3n) is 3.90. The Balaban J connectivity index is 1.91. The summed E-state index contributed by atoms with van der Waals surface area (Å²) in [5, 5.41) is 6.97. The first-order valence-electron chi connectivity index (χ1n) is 6.97. The van der Waals surface area contributed by atoms with Crippen LogP contribution in [0.2, 0.25) is 0 Å². The molecular weight excluding hydrogens is 236 g/mol. The van der Waals surface area contributed by atoms with E-state index >= 15 is 0 Å². The lowest BCUT2D eigenvalue weighted by molar-refractivity contribution is 0.205. The van der Waals surface area contributed by atoms with Crippen LogP contribution in [0.5, 0.6) is 0 Å². The topological polar surface area (TPSA) is 44.8 Å². The number of aromatic amines is 1. The zero-order chi connectivity index (χ0) is 13.2. The number of pyridine rings is 1. The molecule has 4 nitrogen and oxygen atoms in total. The number of aromatic nitrogens is 3. The lowest BCUT2D eigenvalue weighted by atomic mass is 10.0. The van der Waals surface area contributed by atoms with Crippen LogP contribution in [-0.2, 0) is 0 Å². The van der Waals surface area contributed by atoms with Gasteiger partial charge in [0.2, 0.25) is 0 Å². The third kappa shape index (κ3) is 2.40. The molecule has 0 bridgehead atoms. The molecule has 1 atom stereocenters. The highest BCUT2D eigenvalue weighted by Gasteiger charge is 2.27. The highest BCUT2D eigenvalue weighted by Crippen LogP contribution is 2.34. The van der Waals surface area contributed by atoms with E-state index in [0.717, 1.165) is 11.4 Å². The van der Waals surface area contributed by atoms with Crippen molar-refractivity contribution in [3.05, 3.63) is 36.2 Å². The number of likely N-dealkylation sites (tertiary alicyclic amines) is 1. The summed E-state index contributed by atoms with van der Waals surface area (Å²) in [6.45, 7) is 5.74. The van der Waals surface area contributed by atoms with E-state index in [4.69, 9.17) is 0 Å². The predicted octanol–water partition coefficient (Wildman–Crippen LogP) is 3.02. The standard InChI is InChI=1S/C15H20N4/c1-11(2)19-9-3-4-15(19)12-5-7-16-14(10-12)13-6-8-17-18-13/h5-8,10-11,15H,3-4,9H2,1-2H3,(H,17,18)/t15-/m1/s1. The summed E-state index contributed by atoms with van der Waals surface area (Å²) in [4.78, 5) is 7.01. The highest BCUT2D eigenvalue weighted by molar-refractivity contribution is 5.54. The van der Waals surface area contributed by atoms with Gasteiger partial charge in [-0.2, -0.15) is 5.10 Å². The van der Waals surface area contributed by atoms with Gasteiger partial charge in [-0.1, -0.05) is 0 Å². The average Bonchev–Trinajstić information content (AvgIpc) is 3.10. The summed E-state index contributed by atoms with van der Waals surface area (Å²) in [5.41, 5.74) is 3.33. The van der Waals surface area contributed by atoms with Gasteiger partial charge in [0.1, 0.15) is 0 Å². The van der Waals surface area contributed by atoms with Gasteiger partial charge in [-0.15, -0.1) is 0 Å². The molecule has 0 aromatic carbocycles. The molecule has 0 amide bonds. The second-order valence-corrected chi connectivity index (χ2v) is 5.43. The smallest absolute Gasteiger partial charge is 0.0883 e. The van der Waals surface area contributed by atoms with E-state index in [0.29, 0.717) is 12.1 Å². The van der Waals surface area contributed by atoms with Crippen LogP contribution in [0.25, 0.3) is 11.4 Å². The third-order valence-corrected chi connectivity index (χ3v) is 3.90. The van der Waals surface area contributed by atoms with Crippen LogP contribution in [0.15, 0.2) is 30.6 Å². The van der Waals surface area contributed by atoms with E-state index < -0.39 is 0 Å². The van der Waals surface area contributed by atoms with Gasteiger partial charge in [0.05, 0.1) is 11.4 Å². The first-order valence-corrected chi connectivity index (χ1v) is 6.97. The van der Waals surface area contributed by atoms with Crippen molar-refractivity contribution < 1.29 is 0 Å². The molecule has 1 saturated heterocycles. The maximum atomic E-state index is 4.43. The summed E-state index contributed by atoms with van der Waals surface area (Å²) in [6.07, 6.45) is 6.19. The van der Waals surface area contributed by atoms with Gasteiger partial charge in [-0.25, -0.2) is 0 Å². The minimum absolute atomic E-state index is 0.532. The lowest BCUT2D eigenvalue weighted by Gasteiger charge is -2.28. The zero-order valence-corrected chi connectivity index (χ0v) is 11.5. The molecular formula is C15H20N4. The number of nitrogens with one attached hydrogen (secondary N) is 1. The number of nitrogens with zero attached hydrogens (tertiary/aromatic N) is 3. The van der Waals surface area contributed by atoms with Crippen molar-refractivity contribution in [3.8, 4) is 11.4 Å². The average molecular weight is 256 g/mol. The fourth-order valence-electron chi connectivity index (χ4n) is 2.97. The summed E-state index contributed by atoms with van der Waals surface area (Å²) >= 11 is 0. The maximum Gasteiger partial charge on any atom is 0.0883 e. The number of rotatable bonds is 3. The molecule has 100 valence electrons. The molecule has 1 aliphatic heterocycles. The maximum absolute atomic E-state index is 4.43. The van der Waals surface area contributed by atoms with Gasteiger partial charge < -0.3 is 0 Å². The van der Waals surface area contributed by atoms with E-state index in [1.54, 1.807) is 6.20 Å². The van der Waals surface area contributed by atoms with Crippen molar-refractivity contribution in [1.29, 1.82) is 0 Å². The Kier molecular flexibility index (Phi) is 3.34. The molecule has 0 saturated carbocycles. The monoisotopic (exact) mass is 256 g/mol. The zero-order valence-electron chi connectivity index (χ0n) is 11.5. The fourth-order valence-corrected chi connectivity index (χ4v) is 2.97. The largest absolute Gasteiger partial charge is 0.294 e. The summed E-state index contributed by atoms with van der Waals surface area (Å²) in [7, 11) is 0. The summed E-state index contributed by atoms with van der Waals surface area (Å²) in [5.74, 6) is 0. The van der Waals surface area contributed by atoms with E-state index in [1.165, 1.54) is 24.9 Å². The van der Waals surface area contributed by atoms with Gasteiger partial charge >= 0.3 is 0 Å². The molecule has 1 aliphatic rings. The quantitative estimate of drug-likeness (QED) is 0.918. The fraction of sp³-hybridized carbons (Fsp3) is 0.467. The Morgan fingerprint density at radius 3 is 2.95 bits per heavy atom. The second kappa shape index (κ2) is 5.13. The molecule has 3 rings (SSSR count). The Labute approximate surface area is 113 Å². The van der Waals surface area contributed by atoms with Crippen molar-refractivity contribution in [3.63, 3.8) is 0 Å². The number of H-pyrrole nitrogens is 1. The van der Waals surface area contributed by atoms with Crippen LogP contribution in [-0.4, -0.2) is 32.7 Å². The van der Waals surface area contributed by atoms with Crippen molar-refractivity contribution in [1.82, 2.24) is 20.1 Å². The lowest BCUT2D eigenvalue weighted by Crippen LogP contribution is -2.30. The predicted molar refractivity (Wildman–Crippen MR) is 75.6 cm³/mol. The molecule has 2 aromatic rings. The molecule has 0 radical (unpaired) electrons. The minimum Gasteiger partial charge on any atom is -0.294 e. The Morgan fingerprint density at radius 1 is 1.32 bits per heavy atom. The molecule has 0 spiro atoms. The van der Waals surface area contributed by atoms with Crippen molar-refractivity contribution in [2.45, 2.75) is 38.8 Å². The highest BCUT2D eigenvalue weighted by atomic mass is 15.2.